The number of likely N-dealkylation sites (tertiary alicyclic amines) is 2. The minimum Gasteiger partial charge on any atom is -0.480 e. The molecule has 1 aromatic rings. The molecule has 12 heteroatoms. The molecular formula is C22H32ClN5O6. The van der Waals surface area contributed by atoms with Gasteiger partial charge in [0.25, 0.3) is 5.91 Å². The van der Waals surface area contributed by atoms with Crippen molar-refractivity contribution in [3.05, 3.63) is 16.7 Å². The van der Waals surface area contributed by atoms with Gasteiger partial charge in [-0.05, 0) is 25.3 Å². The highest BCUT2D eigenvalue weighted by Crippen LogP contribution is 2.26. The van der Waals surface area contributed by atoms with Gasteiger partial charge in [0.05, 0.1) is 43.9 Å². The van der Waals surface area contributed by atoms with Gasteiger partial charge in [-0.2, -0.15) is 4.98 Å². The van der Waals surface area contributed by atoms with Crippen LogP contribution >= 0.6 is 11.6 Å². The largest absolute Gasteiger partial charge is 0.480 e. The molecule has 1 aromatic heterocycles. The number of pyridine rings is 1. The SMILES string of the molecule is COC(=O)C1CCN(C(=O)CN2CC[C@H](NC(=O)c3cc(Cl)c(N)nc3OC)[C@H](OC)C2)CC1. The van der Waals surface area contributed by atoms with E-state index in [0.717, 1.165) is 0 Å². The van der Waals surface area contributed by atoms with E-state index in [0.29, 0.717) is 45.4 Å². The first-order valence-electron chi connectivity index (χ1n) is 11.2. The number of ether oxygens (including phenoxy) is 3. The number of halogens is 1. The fourth-order valence-electron chi connectivity index (χ4n) is 4.40. The fraction of sp³-hybridized carbons (Fsp3) is 0.636. The number of anilines is 1. The lowest BCUT2D eigenvalue weighted by atomic mass is 9.97. The van der Waals surface area contributed by atoms with Crippen LogP contribution in [-0.4, -0.2) is 98.8 Å². The number of methoxy groups -OCH3 is 3. The molecule has 3 rings (SSSR count). The minimum absolute atomic E-state index is 0.0213. The van der Waals surface area contributed by atoms with Crippen molar-refractivity contribution < 1.29 is 28.6 Å². The van der Waals surface area contributed by atoms with Crippen LogP contribution in [0.2, 0.25) is 5.02 Å². The van der Waals surface area contributed by atoms with Crippen molar-refractivity contribution in [2.45, 2.75) is 31.4 Å². The Morgan fingerprint density at radius 2 is 1.88 bits per heavy atom. The van der Waals surface area contributed by atoms with Crippen LogP contribution < -0.4 is 15.8 Å². The summed E-state index contributed by atoms with van der Waals surface area (Å²) in [5.74, 6) is -0.557. The first-order chi connectivity index (χ1) is 16.3. The van der Waals surface area contributed by atoms with E-state index in [9.17, 15) is 14.4 Å². The van der Waals surface area contributed by atoms with Crippen molar-refractivity contribution in [1.82, 2.24) is 20.1 Å². The first kappa shape index (κ1) is 26.0. The number of carbonyl (C=O) groups excluding carboxylic acids is 3. The number of nitrogen functional groups attached to an aromatic ring is 1. The van der Waals surface area contributed by atoms with E-state index in [1.165, 1.54) is 20.3 Å². The maximum atomic E-state index is 12.9. The molecule has 3 heterocycles. The van der Waals surface area contributed by atoms with E-state index in [4.69, 9.17) is 31.5 Å². The van der Waals surface area contributed by atoms with E-state index in [2.05, 4.69) is 10.3 Å². The topological polar surface area (TPSA) is 136 Å². The Kier molecular flexibility index (Phi) is 8.92. The molecule has 0 bridgehead atoms. The number of hydrogen-bond acceptors (Lipinski definition) is 9. The monoisotopic (exact) mass is 497 g/mol. The second-order valence-electron chi connectivity index (χ2n) is 8.47. The van der Waals surface area contributed by atoms with Gasteiger partial charge in [0.15, 0.2) is 0 Å². The van der Waals surface area contributed by atoms with Crippen LogP contribution in [0.25, 0.3) is 0 Å². The third-order valence-electron chi connectivity index (χ3n) is 6.41. The van der Waals surface area contributed by atoms with Crippen molar-refractivity contribution in [1.29, 1.82) is 0 Å². The Bertz CT molecular complexity index is 908. The summed E-state index contributed by atoms with van der Waals surface area (Å²) in [5.41, 5.74) is 5.88. The number of nitrogens with one attached hydrogen (secondary N) is 1. The molecule has 0 spiro atoms. The van der Waals surface area contributed by atoms with Gasteiger partial charge < -0.3 is 30.2 Å². The lowest BCUT2D eigenvalue weighted by Gasteiger charge is -2.39. The normalized spacial score (nSPS) is 21.7. The van der Waals surface area contributed by atoms with Crippen LogP contribution in [0, 0.1) is 5.92 Å². The van der Waals surface area contributed by atoms with Crippen LogP contribution in [0.5, 0.6) is 5.88 Å². The first-order valence-corrected chi connectivity index (χ1v) is 11.6. The van der Waals surface area contributed by atoms with Gasteiger partial charge in [-0.25, -0.2) is 0 Å². The Labute approximate surface area is 203 Å². The van der Waals surface area contributed by atoms with Crippen LogP contribution in [-0.2, 0) is 19.1 Å². The Morgan fingerprint density at radius 3 is 2.50 bits per heavy atom. The number of nitrogens with zero attached hydrogens (tertiary/aromatic N) is 3. The van der Waals surface area contributed by atoms with Crippen LogP contribution in [0.4, 0.5) is 5.82 Å². The standard InChI is InChI=1S/C22H32ClN5O6/c1-32-17-11-27(12-18(29)28-8-4-13(5-9-28)22(31)34-3)7-6-16(17)25-20(30)14-10-15(23)19(24)26-21(14)33-2/h10,13,16-17H,4-9,11-12H2,1-3H3,(H2,24,26)(H,25,30)/t16-,17+/m0/s1. The van der Waals surface area contributed by atoms with E-state index in [-0.39, 0.29) is 58.8 Å². The van der Waals surface area contributed by atoms with Crippen molar-refractivity contribution in [3.63, 3.8) is 0 Å². The third kappa shape index (κ3) is 6.08. The molecule has 188 valence electrons. The highest BCUT2D eigenvalue weighted by Gasteiger charge is 2.34. The summed E-state index contributed by atoms with van der Waals surface area (Å²) in [6.07, 6.45) is 1.51. The average molecular weight is 498 g/mol. The number of nitrogens with two attached hydrogens (primary N) is 1. The van der Waals surface area contributed by atoms with Crippen molar-refractivity contribution in [2.75, 3.05) is 59.8 Å². The molecule has 11 nitrogen and oxygen atoms in total. The second kappa shape index (κ2) is 11.7. The van der Waals surface area contributed by atoms with Gasteiger partial charge >= 0.3 is 5.97 Å². The van der Waals surface area contributed by atoms with Gasteiger partial charge in [0.1, 0.15) is 11.4 Å². The zero-order valence-electron chi connectivity index (χ0n) is 19.7. The molecule has 2 saturated heterocycles. The summed E-state index contributed by atoms with van der Waals surface area (Å²) in [6.45, 7) is 2.45. The number of carbonyl (C=O) groups is 3. The molecule has 0 radical (unpaired) electrons. The zero-order valence-corrected chi connectivity index (χ0v) is 20.5. The smallest absolute Gasteiger partial charge is 0.308 e. The molecule has 2 atom stereocenters. The number of aromatic nitrogens is 1. The van der Waals surface area contributed by atoms with Gasteiger partial charge in [0.2, 0.25) is 11.8 Å². The lowest BCUT2D eigenvalue weighted by molar-refractivity contribution is -0.149. The molecule has 2 amide bonds. The Morgan fingerprint density at radius 1 is 1.18 bits per heavy atom. The predicted octanol–water partition coefficient (Wildman–Crippen LogP) is 0.557. The summed E-state index contributed by atoms with van der Waals surface area (Å²) < 4.78 is 15.6. The van der Waals surface area contributed by atoms with Crippen LogP contribution in [0.3, 0.4) is 0 Å². The molecular weight excluding hydrogens is 466 g/mol. The van der Waals surface area contributed by atoms with Crippen LogP contribution in [0.15, 0.2) is 6.07 Å². The molecule has 0 saturated carbocycles. The Hall–Kier alpha value is -2.63. The highest BCUT2D eigenvalue weighted by molar-refractivity contribution is 6.33. The second-order valence-corrected chi connectivity index (χ2v) is 8.88. The zero-order chi connectivity index (χ0) is 24.8. The molecule has 2 fully saturated rings. The molecule has 0 aromatic carbocycles. The summed E-state index contributed by atoms with van der Waals surface area (Å²) in [7, 11) is 4.36. The summed E-state index contributed by atoms with van der Waals surface area (Å²) >= 11 is 6.03. The van der Waals surface area contributed by atoms with Crippen molar-refractivity contribution in [3.8, 4) is 5.88 Å². The average Bonchev–Trinajstić information content (AvgIpc) is 2.85. The lowest BCUT2D eigenvalue weighted by Crippen LogP contribution is -2.56. The number of amides is 2. The van der Waals surface area contributed by atoms with Gasteiger partial charge in [-0.15, -0.1) is 0 Å². The van der Waals surface area contributed by atoms with Gasteiger partial charge in [-0.3, -0.25) is 19.3 Å². The maximum absolute atomic E-state index is 12.9. The number of hydrogen-bond donors (Lipinski definition) is 2. The highest BCUT2D eigenvalue weighted by atomic mass is 35.5. The van der Waals surface area contributed by atoms with E-state index >= 15 is 0 Å². The predicted molar refractivity (Wildman–Crippen MR) is 125 cm³/mol. The van der Waals surface area contributed by atoms with Gasteiger partial charge in [-0.1, -0.05) is 11.6 Å². The minimum atomic E-state index is -0.392. The third-order valence-corrected chi connectivity index (χ3v) is 6.71. The van der Waals surface area contributed by atoms with Crippen LogP contribution in [0.1, 0.15) is 29.6 Å². The van der Waals surface area contributed by atoms with E-state index in [1.807, 2.05) is 4.90 Å². The summed E-state index contributed by atoms with van der Waals surface area (Å²) in [6, 6.07) is 1.16. The maximum Gasteiger partial charge on any atom is 0.308 e. The Balaban J connectivity index is 1.54. The number of rotatable bonds is 7. The molecule has 0 aliphatic carbocycles. The number of piperidine rings is 2. The van der Waals surface area contributed by atoms with Crippen molar-refractivity contribution >= 4 is 35.2 Å². The molecule has 0 unspecified atom stereocenters. The molecule has 34 heavy (non-hydrogen) atoms. The van der Waals surface area contributed by atoms with Crippen molar-refractivity contribution in [2.24, 2.45) is 5.92 Å². The van der Waals surface area contributed by atoms with Gasteiger partial charge in [0, 0.05) is 33.3 Å². The van der Waals surface area contributed by atoms with E-state index in [1.54, 1.807) is 12.0 Å². The number of esters is 1. The molecule has 3 N–H and O–H groups in total. The summed E-state index contributed by atoms with van der Waals surface area (Å²) in [5, 5.41) is 3.13. The van der Waals surface area contributed by atoms with E-state index < -0.39 is 5.91 Å². The molecule has 2 aliphatic heterocycles. The molecule has 2 aliphatic rings. The quantitative estimate of drug-likeness (QED) is 0.517. The fourth-order valence-corrected chi connectivity index (χ4v) is 4.55. The summed E-state index contributed by atoms with van der Waals surface area (Å²) in [4.78, 5) is 45.2.